The molecule has 0 aliphatic rings. The second-order valence-electron chi connectivity index (χ2n) is 5.47. The van der Waals surface area contributed by atoms with E-state index >= 15 is 0 Å². The molecule has 1 aromatic carbocycles. The number of aromatic hydroxyl groups is 1. The number of nitrogens with one attached hydrogen (secondary N) is 1. The van der Waals surface area contributed by atoms with E-state index in [4.69, 9.17) is 5.73 Å². The average molecular weight is 259 g/mol. The summed E-state index contributed by atoms with van der Waals surface area (Å²) < 4.78 is 0. The van der Waals surface area contributed by atoms with Crippen LogP contribution in [-0.4, -0.2) is 22.2 Å². The van der Waals surface area contributed by atoms with E-state index in [2.05, 4.69) is 31.1 Å². The maximum atomic E-state index is 9.64. The summed E-state index contributed by atoms with van der Waals surface area (Å²) in [6.45, 7) is 6.85. The van der Waals surface area contributed by atoms with Crippen molar-refractivity contribution in [2.45, 2.75) is 26.3 Å². The molecule has 0 saturated heterocycles. The fraction of sp³-hybridized carbons (Fsp3) is 0.400. The van der Waals surface area contributed by atoms with Crippen LogP contribution in [0.1, 0.15) is 20.8 Å². The summed E-state index contributed by atoms with van der Waals surface area (Å²) in [6, 6.07) is 7.21. The molecule has 0 aliphatic carbocycles. The van der Waals surface area contributed by atoms with E-state index in [1.54, 1.807) is 18.3 Å². The minimum absolute atomic E-state index is 0.229. The Kier molecular flexibility index (Phi) is 3.62. The molecule has 1 aromatic heterocycles. The lowest BCUT2D eigenvalue weighted by Crippen LogP contribution is -2.47. The van der Waals surface area contributed by atoms with Crippen LogP contribution in [0.15, 0.2) is 30.5 Å². The van der Waals surface area contributed by atoms with Crippen molar-refractivity contribution in [1.82, 2.24) is 4.98 Å². The SMILES string of the molecule is CC(C)C(C)(CN)Nc1nccc2ccc(O)cc12. The Bertz CT molecular complexity index is 583. The van der Waals surface area contributed by atoms with Crippen LogP contribution in [0.5, 0.6) is 5.75 Å². The molecular formula is C15H21N3O. The van der Waals surface area contributed by atoms with E-state index in [0.717, 1.165) is 16.6 Å². The maximum Gasteiger partial charge on any atom is 0.134 e. The van der Waals surface area contributed by atoms with Gasteiger partial charge in [0.1, 0.15) is 11.6 Å². The third-order valence-corrected chi connectivity index (χ3v) is 3.85. The molecule has 0 radical (unpaired) electrons. The first-order valence-electron chi connectivity index (χ1n) is 6.52. The Balaban J connectivity index is 2.48. The highest BCUT2D eigenvalue weighted by atomic mass is 16.3. The number of benzene rings is 1. The molecule has 1 unspecified atom stereocenters. The molecule has 4 N–H and O–H groups in total. The molecule has 2 aromatic rings. The molecule has 0 bridgehead atoms. The monoisotopic (exact) mass is 259 g/mol. The number of nitrogens with two attached hydrogens (primary N) is 1. The van der Waals surface area contributed by atoms with Crippen molar-refractivity contribution in [2.24, 2.45) is 11.7 Å². The summed E-state index contributed by atoms with van der Waals surface area (Å²) in [6.07, 6.45) is 1.76. The first-order valence-corrected chi connectivity index (χ1v) is 6.52. The molecular weight excluding hydrogens is 238 g/mol. The zero-order chi connectivity index (χ0) is 14.0. The van der Waals surface area contributed by atoms with Crippen molar-refractivity contribution >= 4 is 16.6 Å². The van der Waals surface area contributed by atoms with Gasteiger partial charge in [0.05, 0.1) is 5.54 Å². The number of anilines is 1. The quantitative estimate of drug-likeness (QED) is 0.789. The van der Waals surface area contributed by atoms with Crippen LogP contribution >= 0.6 is 0 Å². The van der Waals surface area contributed by atoms with E-state index in [0.29, 0.717) is 12.5 Å². The second-order valence-corrected chi connectivity index (χ2v) is 5.47. The molecule has 1 atom stereocenters. The van der Waals surface area contributed by atoms with E-state index < -0.39 is 0 Å². The number of hydrogen-bond donors (Lipinski definition) is 3. The Morgan fingerprint density at radius 1 is 1.37 bits per heavy atom. The minimum Gasteiger partial charge on any atom is -0.508 e. The number of pyridine rings is 1. The largest absolute Gasteiger partial charge is 0.508 e. The molecule has 0 saturated carbocycles. The van der Waals surface area contributed by atoms with Crippen molar-refractivity contribution in [2.75, 3.05) is 11.9 Å². The molecule has 4 nitrogen and oxygen atoms in total. The maximum absolute atomic E-state index is 9.64. The molecule has 19 heavy (non-hydrogen) atoms. The van der Waals surface area contributed by atoms with Gasteiger partial charge >= 0.3 is 0 Å². The third-order valence-electron chi connectivity index (χ3n) is 3.85. The van der Waals surface area contributed by atoms with Crippen LogP contribution in [0.25, 0.3) is 10.8 Å². The Labute approximate surface area is 113 Å². The highest BCUT2D eigenvalue weighted by molar-refractivity contribution is 5.92. The van der Waals surface area contributed by atoms with E-state index in [9.17, 15) is 5.11 Å². The minimum atomic E-state index is -0.229. The average Bonchev–Trinajstić information content (AvgIpc) is 2.39. The van der Waals surface area contributed by atoms with Gasteiger partial charge in [0.25, 0.3) is 0 Å². The normalized spacial score (nSPS) is 14.6. The Hall–Kier alpha value is -1.81. The van der Waals surface area contributed by atoms with Gasteiger partial charge in [-0.1, -0.05) is 19.9 Å². The number of rotatable bonds is 4. The van der Waals surface area contributed by atoms with Crippen LogP contribution < -0.4 is 11.1 Å². The third kappa shape index (κ3) is 2.63. The number of hydrogen-bond acceptors (Lipinski definition) is 4. The summed E-state index contributed by atoms with van der Waals surface area (Å²) in [4.78, 5) is 4.39. The van der Waals surface area contributed by atoms with Gasteiger partial charge in [-0.2, -0.15) is 0 Å². The van der Waals surface area contributed by atoms with Crippen LogP contribution in [-0.2, 0) is 0 Å². The van der Waals surface area contributed by atoms with Crippen molar-refractivity contribution in [3.63, 3.8) is 0 Å². The molecule has 0 fully saturated rings. The number of phenolic OH excluding ortho intramolecular Hbond substituents is 1. The zero-order valence-corrected chi connectivity index (χ0v) is 11.6. The van der Waals surface area contributed by atoms with Gasteiger partial charge in [-0.15, -0.1) is 0 Å². The lowest BCUT2D eigenvalue weighted by atomic mass is 9.88. The van der Waals surface area contributed by atoms with Gasteiger partial charge in [0, 0.05) is 18.1 Å². The van der Waals surface area contributed by atoms with E-state index in [1.165, 1.54) is 0 Å². The van der Waals surface area contributed by atoms with Crippen LogP contribution in [0.4, 0.5) is 5.82 Å². The Morgan fingerprint density at radius 3 is 2.74 bits per heavy atom. The fourth-order valence-corrected chi connectivity index (χ4v) is 1.96. The summed E-state index contributed by atoms with van der Waals surface area (Å²) in [5.41, 5.74) is 5.66. The lowest BCUT2D eigenvalue weighted by molar-refractivity contribution is 0.382. The van der Waals surface area contributed by atoms with Crippen molar-refractivity contribution < 1.29 is 5.11 Å². The van der Waals surface area contributed by atoms with Crippen LogP contribution in [0, 0.1) is 5.92 Å². The molecule has 0 amide bonds. The summed E-state index contributed by atoms with van der Waals surface area (Å²) in [5, 5.41) is 15.0. The van der Waals surface area contributed by atoms with Gasteiger partial charge in [-0.3, -0.25) is 0 Å². The Morgan fingerprint density at radius 2 is 2.11 bits per heavy atom. The van der Waals surface area contributed by atoms with Gasteiger partial charge in [0.2, 0.25) is 0 Å². The number of aromatic nitrogens is 1. The van der Waals surface area contributed by atoms with Crippen molar-refractivity contribution in [3.8, 4) is 5.75 Å². The molecule has 2 rings (SSSR count). The zero-order valence-electron chi connectivity index (χ0n) is 11.6. The second kappa shape index (κ2) is 5.05. The molecule has 102 valence electrons. The topological polar surface area (TPSA) is 71.2 Å². The molecule has 4 heteroatoms. The molecule has 1 heterocycles. The number of nitrogens with zero attached hydrogens (tertiary/aromatic N) is 1. The van der Waals surface area contributed by atoms with Gasteiger partial charge in [0.15, 0.2) is 0 Å². The van der Waals surface area contributed by atoms with Gasteiger partial charge < -0.3 is 16.2 Å². The van der Waals surface area contributed by atoms with Crippen LogP contribution in [0.3, 0.4) is 0 Å². The first-order chi connectivity index (χ1) is 8.96. The van der Waals surface area contributed by atoms with Gasteiger partial charge in [-0.05, 0) is 36.4 Å². The van der Waals surface area contributed by atoms with Crippen molar-refractivity contribution in [3.05, 3.63) is 30.5 Å². The smallest absolute Gasteiger partial charge is 0.134 e. The lowest BCUT2D eigenvalue weighted by Gasteiger charge is -2.34. The number of fused-ring (bicyclic) bond motifs is 1. The van der Waals surface area contributed by atoms with Crippen LogP contribution in [0.2, 0.25) is 0 Å². The standard InChI is InChI=1S/C15H21N3O/c1-10(2)15(3,9-16)18-14-13-8-12(19)5-4-11(13)6-7-17-14/h4-8,10,19H,9,16H2,1-3H3,(H,17,18). The van der Waals surface area contributed by atoms with E-state index in [1.807, 2.05) is 12.1 Å². The predicted molar refractivity (Wildman–Crippen MR) is 79.3 cm³/mol. The summed E-state index contributed by atoms with van der Waals surface area (Å²) >= 11 is 0. The van der Waals surface area contributed by atoms with Crippen molar-refractivity contribution in [1.29, 1.82) is 0 Å². The fourth-order valence-electron chi connectivity index (χ4n) is 1.96. The molecule has 0 spiro atoms. The van der Waals surface area contributed by atoms with E-state index in [-0.39, 0.29) is 11.3 Å². The summed E-state index contributed by atoms with van der Waals surface area (Å²) in [7, 11) is 0. The number of phenols is 1. The highest BCUT2D eigenvalue weighted by Gasteiger charge is 2.27. The first kappa shape index (κ1) is 13.6. The highest BCUT2D eigenvalue weighted by Crippen LogP contribution is 2.28. The predicted octanol–water partition coefficient (Wildman–Crippen LogP) is 2.73. The van der Waals surface area contributed by atoms with Gasteiger partial charge in [-0.25, -0.2) is 4.98 Å². The molecule has 0 aliphatic heterocycles. The summed E-state index contributed by atoms with van der Waals surface area (Å²) in [5.74, 6) is 1.37.